The van der Waals surface area contributed by atoms with Crippen LogP contribution in [0.4, 0.5) is 4.39 Å². The molecule has 1 aromatic heterocycles. The second-order valence-electron chi connectivity index (χ2n) is 10.8. The highest BCUT2D eigenvalue weighted by Crippen LogP contribution is 2.50. The van der Waals surface area contributed by atoms with E-state index in [9.17, 15) is 28.4 Å². The fourth-order valence-corrected chi connectivity index (χ4v) is 7.32. The maximum atomic E-state index is 14.3. The number of aromatic amines is 1. The van der Waals surface area contributed by atoms with Gasteiger partial charge in [0.05, 0.1) is 18.3 Å². The summed E-state index contributed by atoms with van der Waals surface area (Å²) in [6, 6.07) is 13.9. The summed E-state index contributed by atoms with van der Waals surface area (Å²) in [5.74, 6) is -1.15. The molecule has 3 N–H and O–H groups in total. The number of nitrogens with one attached hydrogen (secondary N) is 2. The molecule has 45 heavy (non-hydrogen) atoms. The van der Waals surface area contributed by atoms with Crippen LogP contribution >= 0.6 is 23.7 Å². The van der Waals surface area contributed by atoms with E-state index in [0.717, 1.165) is 22.3 Å². The minimum atomic E-state index is -4.42. The molecule has 2 fully saturated rings. The standard InChI is InChI=1S/C30H32BrFN3O9P/c31-15-12-21-17-35(29(39)33-27(21)37)26-16-24(36)25(43-26)19-42-45(40,44-23-10-8-22(32)9-11-23)34-30(13-4-5-14-30)28(38)41-18-20-6-2-1-3-7-20/h1-3,6-12,15,17,24-26,36H,4-5,13-14,16,18-19H2,(H,34,40)(H,33,37,39)/b15-12+/t24-,25+,26+,45?/m0/s1. The monoisotopic (exact) mass is 707 g/mol. The number of halogens is 2. The van der Waals surface area contributed by atoms with Gasteiger partial charge in [-0.3, -0.25) is 23.7 Å². The molecule has 0 spiro atoms. The summed E-state index contributed by atoms with van der Waals surface area (Å²) in [5.41, 5.74) is -1.79. The van der Waals surface area contributed by atoms with E-state index in [1.165, 1.54) is 29.4 Å². The van der Waals surface area contributed by atoms with Crippen molar-refractivity contribution in [3.8, 4) is 5.75 Å². The van der Waals surface area contributed by atoms with Gasteiger partial charge in [-0.25, -0.2) is 13.8 Å². The van der Waals surface area contributed by atoms with Crippen LogP contribution in [-0.4, -0.2) is 45.0 Å². The van der Waals surface area contributed by atoms with Crippen molar-refractivity contribution in [2.24, 2.45) is 0 Å². The van der Waals surface area contributed by atoms with Gasteiger partial charge in [-0.05, 0) is 53.7 Å². The fraction of sp³-hybridized carbons (Fsp3) is 0.367. The zero-order valence-electron chi connectivity index (χ0n) is 24.0. The molecule has 2 aliphatic rings. The Hall–Kier alpha value is -3.39. The van der Waals surface area contributed by atoms with Crippen LogP contribution in [0.15, 0.2) is 75.4 Å². The van der Waals surface area contributed by atoms with Gasteiger partial charge in [0.25, 0.3) is 5.56 Å². The van der Waals surface area contributed by atoms with Crippen LogP contribution in [0, 0.1) is 5.82 Å². The molecule has 0 bridgehead atoms. The molecule has 5 rings (SSSR count). The number of rotatable bonds is 12. The third-order valence-corrected chi connectivity index (χ3v) is 9.52. The van der Waals surface area contributed by atoms with Crippen molar-refractivity contribution >= 4 is 35.7 Å². The summed E-state index contributed by atoms with van der Waals surface area (Å²) in [7, 11) is -4.42. The molecule has 15 heteroatoms. The first-order chi connectivity index (χ1) is 21.6. The van der Waals surface area contributed by atoms with Gasteiger partial charge in [0.15, 0.2) is 0 Å². The van der Waals surface area contributed by atoms with Crippen LogP contribution in [0.1, 0.15) is 49.5 Å². The molecule has 0 radical (unpaired) electrons. The number of carbonyl (C=O) groups is 1. The Kier molecular flexibility index (Phi) is 10.5. The topological polar surface area (TPSA) is 158 Å². The lowest BCUT2D eigenvalue weighted by Crippen LogP contribution is -2.50. The molecule has 1 saturated carbocycles. The second-order valence-corrected chi connectivity index (χ2v) is 13.0. The number of carbonyl (C=O) groups excluding carboxylic acids is 1. The number of esters is 1. The van der Waals surface area contributed by atoms with Gasteiger partial charge in [0.2, 0.25) is 0 Å². The highest BCUT2D eigenvalue weighted by molar-refractivity contribution is 9.11. The van der Waals surface area contributed by atoms with Crippen LogP contribution in [0.25, 0.3) is 6.08 Å². The first-order valence-electron chi connectivity index (χ1n) is 14.3. The Labute approximate surface area is 265 Å². The molecule has 12 nitrogen and oxygen atoms in total. The van der Waals surface area contributed by atoms with Gasteiger partial charge in [0.1, 0.15) is 36.0 Å². The van der Waals surface area contributed by atoms with Crippen LogP contribution in [-0.2, 0) is 30.0 Å². The van der Waals surface area contributed by atoms with Crippen LogP contribution in [0.5, 0.6) is 5.75 Å². The molecule has 2 heterocycles. The van der Waals surface area contributed by atoms with Gasteiger partial charge in [-0.15, -0.1) is 0 Å². The minimum Gasteiger partial charge on any atom is -0.459 e. The Morgan fingerprint density at radius 1 is 1.18 bits per heavy atom. The molecule has 3 aromatic rings. The highest BCUT2D eigenvalue weighted by Gasteiger charge is 2.50. The summed E-state index contributed by atoms with van der Waals surface area (Å²) < 4.78 is 52.1. The maximum absolute atomic E-state index is 14.3. The van der Waals surface area contributed by atoms with Crippen LogP contribution in [0.3, 0.4) is 0 Å². The SMILES string of the molecule is O=C(OCc1ccccc1)C1(NP(=O)(OC[C@H]2O[C@@H](n3cc(/C=C/Br)c(=O)[nH]c3=O)C[C@@H]2O)Oc2ccc(F)cc2)CCCC1. The molecule has 2 aromatic carbocycles. The number of aromatic nitrogens is 2. The van der Waals surface area contributed by atoms with Crippen molar-refractivity contribution in [1.82, 2.24) is 14.6 Å². The lowest BCUT2D eigenvalue weighted by molar-refractivity contribution is -0.152. The van der Waals surface area contributed by atoms with Crippen molar-refractivity contribution in [3.05, 3.63) is 104 Å². The third kappa shape index (κ3) is 8.07. The van der Waals surface area contributed by atoms with Gasteiger partial charge < -0.3 is 19.1 Å². The number of benzene rings is 2. The van der Waals surface area contributed by atoms with Gasteiger partial charge in [0, 0.05) is 12.6 Å². The van der Waals surface area contributed by atoms with E-state index in [-0.39, 0.29) is 24.3 Å². The summed E-state index contributed by atoms with van der Waals surface area (Å²) in [5, 5.41) is 13.6. The van der Waals surface area contributed by atoms with Crippen molar-refractivity contribution in [2.45, 2.75) is 62.7 Å². The molecular weight excluding hydrogens is 676 g/mol. The van der Waals surface area contributed by atoms with E-state index < -0.39 is 61.4 Å². The van der Waals surface area contributed by atoms with Crippen molar-refractivity contribution < 1.29 is 37.4 Å². The Bertz CT molecular complexity index is 1680. The number of hydrogen-bond donors (Lipinski definition) is 3. The van der Waals surface area contributed by atoms with E-state index in [1.807, 2.05) is 30.3 Å². The summed E-state index contributed by atoms with van der Waals surface area (Å²) in [4.78, 5) is 41.7. The number of aliphatic hydroxyl groups is 1. The third-order valence-electron chi connectivity index (χ3n) is 7.61. The summed E-state index contributed by atoms with van der Waals surface area (Å²) in [6.45, 7) is -0.460. The quantitative estimate of drug-likeness (QED) is 0.180. The fourth-order valence-electron chi connectivity index (χ4n) is 5.29. The molecule has 0 amide bonds. The largest absolute Gasteiger partial charge is 0.459 e. The van der Waals surface area contributed by atoms with Crippen LogP contribution in [0.2, 0.25) is 0 Å². The maximum Gasteiger partial charge on any atom is 0.459 e. The molecule has 1 aliphatic heterocycles. The van der Waals surface area contributed by atoms with Crippen molar-refractivity contribution in [3.63, 3.8) is 0 Å². The van der Waals surface area contributed by atoms with Crippen molar-refractivity contribution in [1.29, 1.82) is 0 Å². The van der Waals surface area contributed by atoms with E-state index in [4.69, 9.17) is 18.5 Å². The predicted octanol–water partition coefficient (Wildman–Crippen LogP) is 4.54. The lowest BCUT2D eigenvalue weighted by Gasteiger charge is -2.32. The predicted molar refractivity (Wildman–Crippen MR) is 165 cm³/mol. The number of ether oxygens (including phenoxy) is 2. The number of H-pyrrole nitrogens is 1. The summed E-state index contributed by atoms with van der Waals surface area (Å²) >= 11 is 3.09. The second kappa shape index (κ2) is 14.4. The molecule has 1 saturated heterocycles. The van der Waals surface area contributed by atoms with Gasteiger partial charge in [-0.1, -0.05) is 59.1 Å². The molecule has 4 atom stereocenters. The normalized spacial score (nSPS) is 22.3. The van der Waals surface area contributed by atoms with Gasteiger partial charge in [-0.2, -0.15) is 5.09 Å². The average Bonchev–Trinajstić information content (AvgIpc) is 3.65. The Morgan fingerprint density at radius 3 is 2.58 bits per heavy atom. The first kappa shape index (κ1) is 33.0. The van der Waals surface area contributed by atoms with E-state index in [2.05, 4.69) is 26.0 Å². The zero-order chi connectivity index (χ0) is 32.0. The van der Waals surface area contributed by atoms with E-state index in [0.29, 0.717) is 25.7 Å². The van der Waals surface area contributed by atoms with Crippen LogP contribution < -0.4 is 20.9 Å². The van der Waals surface area contributed by atoms with E-state index in [1.54, 1.807) is 0 Å². The Balaban J connectivity index is 1.35. The molecule has 1 unspecified atom stereocenters. The average molecular weight is 708 g/mol. The van der Waals surface area contributed by atoms with E-state index >= 15 is 0 Å². The summed E-state index contributed by atoms with van der Waals surface area (Å²) in [6.07, 6.45) is 1.40. The lowest BCUT2D eigenvalue weighted by atomic mass is 10.00. The van der Waals surface area contributed by atoms with Gasteiger partial charge >= 0.3 is 19.4 Å². The minimum absolute atomic E-state index is 0.00778. The number of nitrogens with zero attached hydrogens (tertiary/aromatic N) is 1. The first-order valence-corrected chi connectivity index (χ1v) is 16.7. The molecular formula is C30H32BrFN3O9P. The molecule has 240 valence electrons. The zero-order valence-corrected chi connectivity index (χ0v) is 26.5. The highest BCUT2D eigenvalue weighted by atomic mass is 79.9. The Morgan fingerprint density at radius 2 is 1.89 bits per heavy atom. The number of aliphatic hydroxyl groups excluding tert-OH is 1. The molecule has 1 aliphatic carbocycles. The smallest absolute Gasteiger partial charge is 0.459 e. The number of hydrogen-bond acceptors (Lipinski definition) is 9. The van der Waals surface area contributed by atoms with Crippen molar-refractivity contribution in [2.75, 3.05) is 6.61 Å².